The van der Waals surface area contributed by atoms with E-state index in [1.54, 1.807) is 18.5 Å². The minimum absolute atomic E-state index is 0.0533. The number of anilines is 1. The third-order valence-corrected chi connectivity index (χ3v) is 6.09. The van der Waals surface area contributed by atoms with E-state index in [9.17, 15) is 9.50 Å². The molecule has 28 heavy (non-hydrogen) atoms. The number of fused-ring (bicyclic) bond motifs is 3. The third kappa shape index (κ3) is 2.86. The number of hydrogen-bond acceptors (Lipinski definition) is 6. The Bertz CT molecular complexity index is 1010. The van der Waals surface area contributed by atoms with Gasteiger partial charge in [0.2, 0.25) is 0 Å². The zero-order valence-corrected chi connectivity index (χ0v) is 15.6. The first-order chi connectivity index (χ1) is 13.6. The molecule has 144 valence electrons. The van der Waals surface area contributed by atoms with Gasteiger partial charge >= 0.3 is 0 Å². The summed E-state index contributed by atoms with van der Waals surface area (Å²) < 4.78 is 14.8. The Labute approximate surface area is 162 Å². The molecule has 6 nitrogen and oxygen atoms in total. The lowest BCUT2D eigenvalue weighted by Crippen LogP contribution is -2.55. The quantitative estimate of drug-likeness (QED) is 0.729. The van der Waals surface area contributed by atoms with Crippen molar-refractivity contribution in [3.63, 3.8) is 0 Å². The van der Waals surface area contributed by atoms with Gasteiger partial charge in [0.15, 0.2) is 5.82 Å². The number of nitrogens with zero attached hydrogens (tertiary/aromatic N) is 4. The Balaban J connectivity index is 1.42. The lowest BCUT2D eigenvalue weighted by Gasteiger charge is -2.38. The Morgan fingerprint density at radius 3 is 2.86 bits per heavy atom. The molecule has 2 unspecified atom stereocenters. The van der Waals surface area contributed by atoms with Gasteiger partial charge in [-0.25, -0.2) is 4.39 Å². The van der Waals surface area contributed by atoms with Crippen LogP contribution in [-0.2, 0) is 0 Å². The first-order valence-corrected chi connectivity index (χ1v) is 9.64. The predicted octanol–water partition coefficient (Wildman–Crippen LogP) is 3.06. The average molecular weight is 379 g/mol. The van der Waals surface area contributed by atoms with Crippen molar-refractivity contribution in [2.45, 2.75) is 43.6 Å². The van der Waals surface area contributed by atoms with Gasteiger partial charge in [-0.15, -0.1) is 10.2 Å². The van der Waals surface area contributed by atoms with E-state index in [0.717, 1.165) is 30.0 Å². The molecule has 7 heteroatoms. The van der Waals surface area contributed by atoms with Crippen molar-refractivity contribution in [3.05, 3.63) is 42.7 Å². The molecule has 2 aliphatic rings. The number of benzene rings is 1. The molecule has 2 bridgehead atoms. The summed E-state index contributed by atoms with van der Waals surface area (Å²) in [6, 6.07) is 9.25. The molecule has 3 aromatic rings. The highest BCUT2D eigenvalue weighted by Gasteiger charge is 2.43. The van der Waals surface area contributed by atoms with Crippen LogP contribution in [0.25, 0.3) is 22.0 Å². The van der Waals surface area contributed by atoms with Crippen LogP contribution in [0.15, 0.2) is 42.7 Å². The smallest absolute Gasteiger partial charge is 0.151 e. The number of rotatable bonds is 3. The van der Waals surface area contributed by atoms with Crippen LogP contribution in [-0.4, -0.2) is 51.6 Å². The Hall–Kier alpha value is -2.80. The second-order valence-corrected chi connectivity index (χ2v) is 7.77. The highest BCUT2D eigenvalue weighted by Crippen LogP contribution is 2.34. The van der Waals surface area contributed by atoms with Gasteiger partial charge in [0.1, 0.15) is 11.9 Å². The van der Waals surface area contributed by atoms with Crippen LogP contribution in [0, 0.1) is 0 Å². The van der Waals surface area contributed by atoms with Crippen molar-refractivity contribution in [1.82, 2.24) is 20.5 Å². The first kappa shape index (κ1) is 17.3. The lowest BCUT2D eigenvalue weighted by atomic mass is 9.96. The van der Waals surface area contributed by atoms with Crippen molar-refractivity contribution in [3.8, 4) is 17.0 Å². The number of pyridine rings is 1. The largest absolute Gasteiger partial charge is 0.507 e. The fourth-order valence-corrected chi connectivity index (χ4v) is 4.50. The molecule has 0 radical (unpaired) electrons. The van der Waals surface area contributed by atoms with E-state index in [1.165, 1.54) is 0 Å². The Morgan fingerprint density at radius 2 is 2.04 bits per heavy atom. The van der Waals surface area contributed by atoms with Gasteiger partial charge in [-0.2, -0.15) is 0 Å². The molecule has 0 aliphatic carbocycles. The minimum Gasteiger partial charge on any atom is -0.507 e. The molecule has 0 amide bonds. The first-order valence-electron chi connectivity index (χ1n) is 9.64. The maximum absolute atomic E-state index is 14.8. The summed E-state index contributed by atoms with van der Waals surface area (Å²) >= 11 is 0. The molecular weight excluding hydrogens is 357 g/mol. The Kier molecular flexibility index (Phi) is 4.12. The monoisotopic (exact) mass is 379 g/mol. The number of piperidine rings is 1. The number of phenolic OH excluding ortho intramolecular Hbond substituents is 1. The van der Waals surface area contributed by atoms with Crippen LogP contribution in [0.4, 0.5) is 10.2 Å². The van der Waals surface area contributed by atoms with Gasteiger partial charge in [-0.05, 0) is 55.0 Å². The zero-order chi connectivity index (χ0) is 19.3. The molecule has 2 aliphatic heterocycles. The molecule has 2 aromatic heterocycles. The summed E-state index contributed by atoms with van der Waals surface area (Å²) in [7, 11) is 1.88. The van der Waals surface area contributed by atoms with Gasteiger partial charge in [0.25, 0.3) is 0 Å². The maximum atomic E-state index is 14.8. The second kappa shape index (κ2) is 6.67. The van der Waals surface area contributed by atoms with E-state index in [-0.39, 0.29) is 17.8 Å². The summed E-state index contributed by atoms with van der Waals surface area (Å²) in [5, 5.41) is 24.2. The van der Waals surface area contributed by atoms with Crippen LogP contribution in [0.2, 0.25) is 0 Å². The molecule has 4 atom stereocenters. The molecule has 2 saturated heterocycles. The summed E-state index contributed by atoms with van der Waals surface area (Å²) in [5.74, 6) is 0.775. The summed E-state index contributed by atoms with van der Waals surface area (Å²) in [5.41, 5.74) is 1.19. The van der Waals surface area contributed by atoms with Gasteiger partial charge in [0, 0.05) is 42.5 Å². The zero-order valence-electron chi connectivity index (χ0n) is 15.6. The number of nitrogens with one attached hydrogen (secondary N) is 1. The van der Waals surface area contributed by atoms with Crippen molar-refractivity contribution < 1.29 is 9.50 Å². The lowest BCUT2D eigenvalue weighted by molar-refractivity contribution is 0.176. The molecule has 2 fully saturated rings. The molecule has 1 aromatic carbocycles. The summed E-state index contributed by atoms with van der Waals surface area (Å²) in [4.78, 5) is 5.98. The second-order valence-electron chi connectivity index (χ2n) is 7.77. The van der Waals surface area contributed by atoms with Crippen molar-refractivity contribution in [2.24, 2.45) is 0 Å². The standard InChI is InChI=1S/C21H22FN5O/c1-27(18-10-14-2-3-17(24-14)21(18)22)20-5-4-16(25-26-20)15-8-12-6-7-23-11-13(12)9-19(15)28/h4-9,11,14,17-18,21,24,28H,2-3,10H2,1H3/t14?,17?,18-,21+/m1/s1. The van der Waals surface area contributed by atoms with E-state index in [0.29, 0.717) is 23.1 Å². The number of alkyl halides is 1. The van der Waals surface area contributed by atoms with E-state index >= 15 is 0 Å². The molecule has 4 heterocycles. The molecule has 0 saturated carbocycles. The Morgan fingerprint density at radius 1 is 1.14 bits per heavy atom. The summed E-state index contributed by atoms with van der Waals surface area (Å²) in [6.45, 7) is 0. The van der Waals surface area contributed by atoms with Gasteiger partial charge < -0.3 is 15.3 Å². The minimum atomic E-state index is -0.914. The fraction of sp³-hybridized carbons (Fsp3) is 0.381. The van der Waals surface area contributed by atoms with E-state index in [1.807, 2.05) is 36.2 Å². The van der Waals surface area contributed by atoms with Crippen LogP contribution < -0.4 is 10.2 Å². The predicted molar refractivity (Wildman–Crippen MR) is 106 cm³/mol. The fourth-order valence-electron chi connectivity index (χ4n) is 4.50. The number of aromatic hydroxyl groups is 1. The van der Waals surface area contributed by atoms with Gasteiger partial charge in [0.05, 0.1) is 11.7 Å². The van der Waals surface area contributed by atoms with Crippen molar-refractivity contribution in [1.29, 1.82) is 0 Å². The van der Waals surface area contributed by atoms with Crippen molar-refractivity contribution in [2.75, 3.05) is 11.9 Å². The van der Waals surface area contributed by atoms with Gasteiger partial charge in [-0.3, -0.25) is 4.98 Å². The average Bonchev–Trinajstić information content (AvgIpc) is 3.13. The van der Waals surface area contributed by atoms with Crippen LogP contribution in [0.1, 0.15) is 19.3 Å². The third-order valence-electron chi connectivity index (χ3n) is 6.09. The van der Waals surface area contributed by atoms with Crippen LogP contribution in [0.3, 0.4) is 0 Å². The van der Waals surface area contributed by atoms with Crippen molar-refractivity contribution >= 4 is 16.6 Å². The molecule has 2 N–H and O–H groups in total. The van der Waals surface area contributed by atoms with E-state index < -0.39 is 6.17 Å². The topological polar surface area (TPSA) is 74.2 Å². The maximum Gasteiger partial charge on any atom is 0.151 e. The van der Waals surface area contributed by atoms with E-state index in [4.69, 9.17) is 0 Å². The molecule has 0 spiro atoms. The SMILES string of the molecule is CN(c1ccc(-c2cc3ccncc3cc2O)nn1)[C@@H]1CC2CCC(N2)[C@@H]1F. The highest BCUT2D eigenvalue weighted by molar-refractivity contribution is 5.89. The molecule has 5 rings (SSSR count). The van der Waals surface area contributed by atoms with Crippen LogP contribution >= 0.6 is 0 Å². The number of halogens is 1. The van der Waals surface area contributed by atoms with Crippen LogP contribution in [0.5, 0.6) is 5.75 Å². The molecular formula is C21H22FN5O. The normalized spacial score (nSPS) is 26.5. The number of aromatic nitrogens is 3. The van der Waals surface area contributed by atoms with Gasteiger partial charge in [-0.1, -0.05) is 0 Å². The number of hydrogen-bond donors (Lipinski definition) is 2. The van der Waals surface area contributed by atoms with E-state index in [2.05, 4.69) is 20.5 Å². The number of phenols is 1. The summed E-state index contributed by atoms with van der Waals surface area (Å²) in [6.07, 6.45) is 5.23. The highest BCUT2D eigenvalue weighted by atomic mass is 19.1.